The Kier molecular flexibility index (Phi) is 9.24. The van der Waals surface area contributed by atoms with E-state index in [0.29, 0.717) is 22.4 Å². The summed E-state index contributed by atoms with van der Waals surface area (Å²) in [6.07, 6.45) is 5.17. The number of ether oxygens (including phenoxy) is 2. The minimum atomic E-state index is 0. The van der Waals surface area contributed by atoms with Gasteiger partial charge < -0.3 is 14.8 Å². The Labute approximate surface area is 132 Å². The van der Waals surface area contributed by atoms with E-state index in [4.69, 9.17) is 27.5 Å². The van der Waals surface area contributed by atoms with Crippen LogP contribution in [-0.4, -0.2) is 20.3 Å². The van der Waals surface area contributed by atoms with E-state index >= 15 is 0 Å². The van der Waals surface area contributed by atoms with Crippen molar-refractivity contribution in [2.75, 3.05) is 20.3 Å². The number of halogens is 2. The molecule has 1 aromatic carbocycles. The monoisotopic (exact) mass is 317 g/mol. The molecule has 0 fully saturated rings. The van der Waals surface area contributed by atoms with E-state index in [0.717, 1.165) is 18.7 Å². The first kappa shape index (κ1) is 18.9. The molecular formula is C15H21Cl2NO2. The van der Waals surface area contributed by atoms with Gasteiger partial charge >= 0.3 is 0 Å². The first-order valence-corrected chi connectivity index (χ1v) is 6.59. The average Bonchev–Trinajstić information content (AvgIpc) is 2.36. The van der Waals surface area contributed by atoms with Crippen molar-refractivity contribution in [2.45, 2.75) is 20.4 Å². The maximum atomic E-state index is 6.19. The standard InChI is InChI=1S/C15H20ClNO2.ClH/c1-5-6-19-15-13(16)7-12(8-14(15)18-4)10-17-9-11(2)3;/h1,7-8,11,17H,6,9-10H2,2-4H3;1H. The number of nitrogens with one attached hydrogen (secondary N) is 1. The molecule has 0 atom stereocenters. The van der Waals surface area contributed by atoms with Gasteiger partial charge in [0, 0.05) is 6.54 Å². The lowest BCUT2D eigenvalue weighted by molar-refractivity contribution is 0.331. The molecule has 0 saturated carbocycles. The molecule has 1 N–H and O–H groups in total. The summed E-state index contributed by atoms with van der Waals surface area (Å²) in [6, 6.07) is 3.77. The van der Waals surface area contributed by atoms with Crippen molar-refractivity contribution in [2.24, 2.45) is 5.92 Å². The van der Waals surface area contributed by atoms with Crippen molar-refractivity contribution in [3.63, 3.8) is 0 Å². The highest BCUT2D eigenvalue weighted by Crippen LogP contribution is 2.36. The molecule has 20 heavy (non-hydrogen) atoms. The molecule has 112 valence electrons. The lowest BCUT2D eigenvalue weighted by Gasteiger charge is -2.13. The number of methoxy groups -OCH3 is 1. The van der Waals surface area contributed by atoms with Crippen molar-refractivity contribution >= 4 is 24.0 Å². The van der Waals surface area contributed by atoms with Gasteiger partial charge in [0.05, 0.1) is 12.1 Å². The van der Waals surface area contributed by atoms with Crippen molar-refractivity contribution in [1.82, 2.24) is 5.32 Å². The SMILES string of the molecule is C#CCOc1c(Cl)cc(CNCC(C)C)cc1OC.Cl. The third-order valence-electron chi connectivity index (χ3n) is 2.47. The molecule has 0 heterocycles. The van der Waals surface area contributed by atoms with Crippen LogP contribution in [0.4, 0.5) is 0 Å². The smallest absolute Gasteiger partial charge is 0.181 e. The molecular weight excluding hydrogens is 297 g/mol. The topological polar surface area (TPSA) is 30.5 Å². The fourth-order valence-electron chi connectivity index (χ4n) is 1.63. The fourth-order valence-corrected chi connectivity index (χ4v) is 1.92. The van der Waals surface area contributed by atoms with Gasteiger partial charge in [-0.25, -0.2) is 0 Å². The Hall–Kier alpha value is -1.08. The van der Waals surface area contributed by atoms with E-state index in [1.165, 1.54) is 0 Å². The summed E-state index contributed by atoms with van der Waals surface area (Å²) in [5.41, 5.74) is 1.05. The zero-order valence-corrected chi connectivity index (χ0v) is 13.6. The van der Waals surface area contributed by atoms with Crippen LogP contribution in [0.3, 0.4) is 0 Å². The molecule has 0 saturated heterocycles. The summed E-state index contributed by atoms with van der Waals surface area (Å²) >= 11 is 6.19. The lowest BCUT2D eigenvalue weighted by atomic mass is 10.1. The van der Waals surface area contributed by atoms with Gasteiger partial charge in [0.2, 0.25) is 0 Å². The summed E-state index contributed by atoms with van der Waals surface area (Å²) in [5, 5.41) is 3.87. The number of rotatable bonds is 7. The molecule has 0 amide bonds. The summed E-state index contributed by atoms with van der Waals surface area (Å²) in [7, 11) is 1.58. The minimum Gasteiger partial charge on any atom is -0.493 e. The van der Waals surface area contributed by atoms with Gasteiger partial charge in [-0.1, -0.05) is 31.4 Å². The average molecular weight is 318 g/mol. The van der Waals surface area contributed by atoms with Gasteiger partial charge in [-0.2, -0.15) is 0 Å². The molecule has 0 aromatic heterocycles. The van der Waals surface area contributed by atoms with Gasteiger partial charge in [-0.3, -0.25) is 0 Å². The van der Waals surface area contributed by atoms with E-state index in [9.17, 15) is 0 Å². The molecule has 0 spiro atoms. The Morgan fingerprint density at radius 1 is 1.40 bits per heavy atom. The third kappa shape index (κ3) is 5.92. The molecule has 0 radical (unpaired) electrons. The summed E-state index contributed by atoms with van der Waals surface area (Å²) in [6.45, 7) is 6.19. The fraction of sp³-hybridized carbons (Fsp3) is 0.467. The normalized spacial score (nSPS) is 9.80. The molecule has 5 heteroatoms. The molecule has 0 aliphatic carbocycles. The number of terminal acetylenes is 1. The zero-order chi connectivity index (χ0) is 14.3. The lowest BCUT2D eigenvalue weighted by Crippen LogP contribution is -2.19. The summed E-state index contributed by atoms with van der Waals surface area (Å²) < 4.78 is 10.7. The van der Waals surface area contributed by atoms with E-state index in [1.807, 2.05) is 12.1 Å². The van der Waals surface area contributed by atoms with Crippen LogP contribution in [0.1, 0.15) is 19.4 Å². The maximum Gasteiger partial charge on any atom is 0.181 e. The van der Waals surface area contributed by atoms with Crippen LogP contribution in [0, 0.1) is 18.3 Å². The third-order valence-corrected chi connectivity index (χ3v) is 2.75. The van der Waals surface area contributed by atoms with E-state index in [1.54, 1.807) is 7.11 Å². The predicted octanol–water partition coefficient (Wildman–Crippen LogP) is 3.53. The maximum absolute atomic E-state index is 6.19. The van der Waals surface area contributed by atoms with E-state index in [-0.39, 0.29) is 19.0 Å². The van der Waals surface area contributed by atoms with E-state index in [2.05, 4.69) is 25.1 Å². The van der Waals surface area contributed by atoms with Crippen LogP contribution >= 0.6 is 24.0 Å². The van der Waals surface area contributed by atoms with Gasteiger partial charge in [0.1, 0.15) is 6.61 Å². The van der Waals surface area contributed by atoms with Gasteiger partial charge in [0.15, 0.2) is 11.5 Å². The first-order chi connectivity index (χ1) is 9.08. The number of hydrogen-bond acceptors (Lipinski definition) is 3. The molecule has 1 aromatic rings. The Morgan fingerprint density at radius 2 is 2.10 bits per heavy atom. The Balaban J connectivity index is 0.00000361. The van der Waals surface area contributed by atoms with Gasteiger partial charge in [0.25, 0.3) is 0 Å². The van der Waals surface area contributed by atoms with E-state index < -0.39 is 0 Å². The van der Waals surface area contributed by atoms with Crippen LogP contribution in [0.5, 0.6) is 11.5 Å². The van der Waals surface area contributed by atoms with Crippen molar-refractivity contribution in [3.05, 3.63) is 22.7 Å². The summed E-state index contributed by atoms with van der Waals surface area (Å²) in [4.78, 5) is 0. The quantitative estimate of drug-likeness (QED) is 0.780. The Bertz CT molecular complexity index is 456. The number of hydrogen-bond donors (Lipinski definition) is 1. The second-order valence-electron chi connectivity index (χ2n) is 4.63. The molecule has 1 rings (SSSR count). The van der Waals surface area contributed by atoms with Crippen LogP contribution in [0.15, 0.2) is 12.1 Å². The molecule has 3 nitrogen and oxygen atoms in total. The van der Waals surface area contributed by atoms with Crippen LogP contribution in [-0.2, 0) is 6.54 Å². The number of benzene rings is 1. The molecule has 0 unspecified atom stereocenters. The second kappa shape index (κ2) is 9.77. The van der Waals surface area contributed by atoms with Gasteiger partial charge in [-0.15, -0.1) is 18.8 Å². The minimum absolute atomic E-state index is 0. The van der Waals surface area contributed by atoms with Crippen molar-refractivity contribution in [3.8, 4) is 23.8 Å². The van der Waals surface area contributed by atoms with Crippen molar-refractivity contribution < 1.29 is 9.47 Å². The van der Waals surface area contributed by atoms with Crippen LogP contribution in [0.25, 0.3) is 0 Å². The highest BCUT2D eigenvalue weighted by Gasteiger charge is 2.11. The predicted molar refractivity (Wildman–Crippen MR) is 86.1 cm³/mol. The molecule has 0 aliphatic heterocycles. The summed E-state index contributed by atoms with van der Waals surface area (Å²) in [5.74, 6) is 4.11. The van der Waals surface area contributed by atoms with Gasteiger partial charge in [-0.05, 0) is 30.2 Å². The largest absolute Gasteiger partial charge is 0.493 e. The molecule has 0 aliphatic rings. The Morgan fingerprint density at radius 3 is 2.65 bits per heavy atom. The second-order valence-corrected chi connectivity index (χ2v) is 5.03. The van der Waals surface area contributed by atoms with Crippen LogP contribution in [0.2, 0.25) is 5.02 Å². The highest BCUT2D eigenvalue weighted by molar-refractivity contribution is 6.32. The molecule has 0 bridgehead atoms. The highest BCUT2D eigenvalue weighted by atomic mass is 35.5. The van der Waals surface area contributed by atoms with Crippen LogP contribution < -0.4 is 14.8 Å². The first-order valence-electron chi connectivity index (χ1n) is 6.21. The van der Waals surface area contributed by atoms with Crippen molar-refractivity contribution in [1.29, 1.82) is 0 Å². The zero-order valence-electron chi connectivity index (χ0n) is 12.0.